The van der Waals surface area contributed by atoms with Crippen molar-refractivity contribution < 1.29 is 9.84 Å². The lowest BCUT2D eigenvalue weighted by atomic mass is 10.1. The Bertz CT molecular complexity index is 284. The van der Waals surface area contributed by atoms with Gasteiger partial charge in [0.1, 0.15) is 11.9 Å². The van der Waals surface area contributed by atoms with Crippen molar-refractivity contribution in [3.05, 3.63) is 30.3 Å². The predicted octanol–water partition coefficient (Wildman–Crippen LogP) is 2.76. The maximum absolute atomic E-state index is 9.89. The quantitative estimate of drug-likeness (QED) is 0.754. The van der Waals surface area contributed by atoms with Crippen molar-refractivity contribution in [1.29, 1.82) is 0 Å². The maximum Gasteiger partial charge on any atom is 0.124 e. The lowest BCUT2D eigenvalue weighted by Crippen LogP contribution is -2.30. The standard InChI is InChI=1S/C13H18O2/c14-12-9-5-2-6-10-13(12)15-11-7-3-1-4-8-11/h1,3-4,7-8,12-14H,2,5-6,9-10H2. The van der Waals surface area contributed by atoms with Gasteiger partial charge in [-0.05, 0) is 31.4 Å². The van der Waals surface area contributed by atoms with Crippen molar-refractivity contribution in [3.63, 3.8) is 0 Å². The van der Waals surface area contributed by atoms with Crippen molar-refractivity contribution >= 4 is 0 Å². The van der Waals surface area contributed by atoms with Crippen molar-refractivity contribution in [2.45, 2.75) is 44.3 Å². The van der Waals surface area contributed by atoms with Gasteiger partial charge in [-0.2, -0.15) is 0 Å². The van der Waals surface area contributed by atoms with E-state index in [1.807, 2.05) is 30.3 Å². The summed E-state index contributed by atoms with van der Waals surface area (Å²) >= 11 is 0. The Morgan fingerprint density at radius 2 is 1.73 bits per heavy atom. The Balaban J connectivity index is 1.97. The fourth-order valence-electron chi connectivity index (χ4n) is 2.07. The molecule has 0 heterocycles. The van der Waals surface area contributed by atoms with Gasteiger partial charge in [0, 0.05) is 0 Å². The summed E-state index contributed by atoms with van der Waals surface area (Å²) in [6.45, 7) is 0. The molecule has 82 valence electrons. The van der Waals surface area contributed by atoms with E-state index in [0.717, 1.165) is 31.4 Å². The van der Waals surface area contributed by atoms with E-state index in [1.54, 1.807) is 0 Å². The first-order valence-electron chi connectivity index (χ1n) is 5.76. The number of hydrogen-bond acceptors (Lipinski definition) is 2. The molecule has 1 aromatic rings. The minimum absolute atomic E-state index is 0.0186. The average molecular weight is 206 g/mol. The molecule has 2 atom stereocenters. The molecule has 2 nitrogen and oxygen atoms in total. The predicted molar refractivity (Wildman–Crippen MR) is 59.9 cm³/mol. The molecule has 1 aliphatic rings. The third-order valence-electron chi connectivity index (χ3n) is 2.95. The average Bonchev–Trinajstić information content (AvgIpc) is 2.46. The largest absolute Gasteiger partial charge is 0.488 e. The van der Waals surface area contributed by atoms with Crippen molar-refractivity contribution in [2.75, 3.05) is 0 Å². The smallest absolute Gasteiger partial charge is 0.124 e. The topological polar surface area (TPSA) is 29.5 Å². The molecule has 1 fully saturated rings. The fourth-order valence-corrected chi connectivity index (χ4v) is 2.07. The second-order valence-corrected chi connectivity index (χ2v) is 4.17. The van der Waals surface area contributed by atoms with Crippen LogP contribution in [0.5, 0.6) is 5.75 Å². The van der Waals surface area contributed by atoms with Crippen LogP contribution in [0.15, 0.2) is 30.3 Å². The zero-order valence-corrected chi connectivity index (χ0v) is 8.93. The summed E-state index contributed by atoms with van der Waals surface area (Å²) < 4.78 is 5.80. The molecule has 1 saturated carbocycles. The van der Waals surface area contributed by atoms with E-state index in [-0.39, 0.29) is 12.2 Å². The molecule has 0 aliphatic heterocycles. The molecule has 1 aromatic carbocycles. The van der Waals surface area contributed by atoms with Gasteiger partial charge < -0.3 is 9.84 Å². The molecule has 0 spiro atoms. The monoisotopic (exact) mass is 206 g/mol. The summed E-state index contributed by atoms with van der Waals surface area (Å²) in [4.78, 5) is 0. The van der Waals surface area contributed by atoms with Crippen LogP contribution in [-0.4, -0.2) is 17.3 Å². The number of rotatable bonds is 2. The Morgan fingerprint density at radius 3 is 2.53 bits per heavy atom. The van der Waals surface area contributed by atoms with Gasteiger partial charge in [-0.15, -0.1) is 0 Å². The molecule has 2 heteroatoms. The van der Waals surface area contributed by atoms with E-state index in [4.69, 9.17) is 4.74 Å². The lowest BCUT2D eigenvalue weighted by Gasteiger charge is -2.21. The molecule has 2 unspecified atom stereocenters. The van der Waals surface area contributed by atoms with Gasteiger partial charge in [-0.3, -0.25) is 0 Å². The van der Waals surface area contributed by atoms with Gasteiger partial charge in [-0.1, -0.05) is 31.0 Å². The van der Waals surface area contributed by atoms with Crippen LogP contribution in [-0.2, 0) is 0 Å². The first kappa shape index (κ1) is 10.5. The van der Waals surface area contributed by atoms with E-state index < -0.39 is 0 Å². The van der Waals surface area contributed by atoms with Crippen molar-refractivity contribution in [2.24, 2.45) is 0 Å². The third-order valence-corrected chi connectivity index (χ3v) is 2.95. The minimum Gasteiger partial charge on any atom is -0.488 e. The van der Waals surface area contributed by atoms with Crippen LogP contribution in [0, 0.1) is 0 Å². The van der Waals surface area contributed by atoms with Gasteiger partial charge in [0.25, 0.3) is 0 Å². The molecule has 15 heavy (non-hydrogen) atoms. The summed E-state index contributed by atoms with van der Waals surface area (Å²) in [6.07, 6.45) is 5.02. The van der Waals surface area contributed by atoms with Gasteiger partial charge in [-0.25, -0.2) is 0 Å². The lowest BCUT2D eigenvalue weighted by molar-refractivity contribution is 0.0320. The van der Waals surface area contributed by atoms with Gasteiger partial charge in [0.2, 0.25) is 0 Å². The second-order valence-electron chi connectivity index (χ2n) is 4.17. The van der Waals surface area contributed by atoms with Crippen molar-refractivity contribution in [1.82, 2.24) is 0 Å². The Morgan fingerprint density at radius 1 is 1.00 bits per heavy atom. The summed E-state index contributed by atoms with van der Waals surface area (Å²) in [5.74, 6) is 0.864. The molecule has 0 radical (unpaired) electrons. The number of aliphatic hydroxyl groups excluding tert-OH is 1. The maximum atomic E-state index is 9.89. The molecular weight excluding hydrogens is 188 g/mol. The van der Waals surface area contributed by atoms with E-state index in [2.05, 4.69) is 0 Å². The molecule has 1 aliphatic carbocycles. The third kappa shape index (κ3) is 2.96. The SMILES string of the molecule is OC1CCCCCC1Oc1ccccc1. The number of ether oxygens (including phenoxy) is 1. The molecular formula is C13H18O2. The normalized spacial score (nSPS) is 27.0. The zero-order valence-electron chi connectivity index (χ0n) is 8.93. The molecule has 0 saturated heterocycles. The van der Waals surface area contributed by atoms with Crippen LogP contribution < -0.4 is 4.74 Å². The Hall–Kier alpha value is -1.02. The molecule has 0 bridgehead atoms. The highest BCUT2D eigenvalue weighted by atomic mass is 16.5. The molecule has 2 rings (SSSR count). The van der Waals surface area contributed by atoms with Crippen LogP contribution in [0.25, 0.3) is 0 Å². The first-order valence-corrected chi connectivity index (χ1v) is 5.76. The number of aliphatic hydroxyl groups is 1. The minimum atomic E-state index is -0.298. The van der Waals surface area contributed by atoms with Gasteiger partial charge in [0.05, 0.1) is 6.10 Å². The van der Waals surface area contributed by atoms with Crippen LogP contribution in [0.2, 0.25) is 0 Å². The highest BCUT2D eigenvalue weighted by Gasteiger charge is 2.22. The highest BCUT2D eigenvalue weighted by molar-refractivity contribution is 5.21. The fraction of sp³-hybridized carbons (Fsp3) is 0.538. The van der Waals surface area contributed by atoms with E-state index in [1.165, 1.54) is 6.42 Å². The number of para-hydroxylation sites is 1. The van der Waals surface area contributed by atoms with Crippen molar-refractivity contribution in [3.8, 4) is 5.75 Å². The number of hydrogen-bond donors (Lipinski definition) is 1. The summed E-state index contributed by atoms with van der Waals surface area (Å²) in [5, 5.41) is 9.89. The van der Waals surface area contributed by atoms with Gasteiger partial charge >= 0.3 is 0 Å². The van der Waals surface area contributed by atoms with E-state index >= 15 is 0 Å². The zero-order chi connectivity index (χ0) is 10.5. The Kier molecular flexibility index (Phi) is 3.62. The van der Waals surface area contributed by atoms with Gasteiger partial charge in [0.15, 0.2) is 0 Å². The van der Waals surface area contributed by atoms with Crippen LogP contribution >= 0.6 is 0 Å². The van der Waals surface area contributed by atoms with Crippen LogP contribution in [0.4, 0.5) is 0 Å². The summed E-state index contributed by atoms with van der Waals surface area (Å²) in [5.41, 5.74) is 0. The van der Waals surface area contributed by atoms with Crippen LogP contribution in [0.3, 0.4) is 0 Å². The molecule has 0 amide bonds. The summed E-state index contributed by atoms with van der Waals surface area (Å²) in [6, 6.07) is 9.77. The number of benzene rings is 1. The molecule has 0 aromatic heterocycles. The highest BCUT2D eigenvalue weighted by Crippen LogP contribution is 2.22. The summed E-state index contributed by atoms with van der Waals surface area (Å²) in [7, 11) is 0. The van der Waals surface area contributed by atoms with E-state index in [0.29, 0.717) is 0 Å². The van der Waals surface area contributed by atoms with Crippen LogP contribution in [0.1, 0.15) is 32.1 Å². The van der Waals surface area contributed by atoms with E-state index in [9.17, 15) is 5.11 Å². The molecule has 1 N–H and O–H groups in total. The first-order chi connectivity index (χ1) is 7.36. The second kappa shape index (κ2) is 5.17. The Labute approximate surface area is 90.9 Å².